The molecule has 0 spiro atoms. The van der Waals surface area contributed by atoms with E-state index in [0.717, 1.165) is 0 Å². The summed E-state index contributed by atoms with van der Waals surface area (Å²) in [6.07, 6.45) is -3.31. The normalized spacial score (nSPS) is 23.6. The van der Waals surface area contributed by atoms with E-state index in [9.17, 15) is 18.0 Å². The van der Waals surface area contributed by atoms with Crippen LogP contribution in [0.5, 0.6) is 0 Å². The third-order valence-electron chi connectivity index (χ3n) is 2.89. The maximum Gasteiger partial charge on any atom is 0.411 e. The predicted octanol–water partition coefficient (Wildman–Crippen LogP) is 1.18. The van der Waals surface area contributed by atoms with E-state index in [2.05, 4.69) is 4.74 Å². The summed E-state index contributed by atoms with van der Waals surface area (Å²) in [5, 5.41) is 9.09. The Kier molecular flexibility index (Phi) is 5.40. The standard InChI is InChI=1S/C11H18F3NO3/c1-15(6-8-4-9(16)5-8)10(17)2-3-18-7-11(12,13)14/h8-9,16H,2-7H2,1H3. The number of carbonyl (C=O) groups excluding carboxylic acids is 1. The number of alkyl halides is 3. The third-order valence-corrected chi connectivity index (χ3v) is 2.89. The first kappa shape index (κ1) is 15.2. The fourth-order valence-corrected chi connectivity index (χ4v) is 1.88. The number of amides is 1. The zero-order valence-electron chi connectivity index (χ0n) is 10.2. The van der Waals surface area contributed by atoms with Crippen molar-refractivity contribution in [2.45, 2.75) is 31.5 Å². The van der Waals surface area contributed by atoms with Crippen LogP contribution >= 0.6 is 0 Å². The van der Waals surface area contributed by atoms with Crippen LogP contribution in [0.25, 0.3) is 0 Å². The predicted molar refractivity (Wildman–Crippen MR) is 57.9 cm³/mol. The lowest BCUT2D eigenvalue weighted by Gasteiger charge is -2.34. The molecular weight excluding hydrogens is 251 g/mol. The first-order valence-electron chi connectivity index (χ1n) is 5.84. The summed E-state index contributed by atoms with van der Waals surface area (Å²) in [5.41, 5.74) is 0. The van der Waals surface area contributed by atoms with Crippen LogP contribution in [0.1, 0.15) is 19.3 Å². The molecule has 1 rings (SSSR count). The molecule has 0 saturated heterocycles. The molecule has 0 bridgehead atoms. The van der Waals surface area contributed by atoms with Gasteiger partial charge >= 0.3 is 6.18 Å². The zero-order chi connectivity index (χ0) is 13.8. The Bertz CT molecular complexity index is 277. The van der Waals surface area contributed by atoms with Crippen molar-refractivity contribution < 1.29 is 27.8 Å². The SMILES string of the molecule is CN(CC1CC(O)C1)C(=O)CCOCC(F)(F)F. The Balaban J connectivity index is 2.08. The van der Waals surface area contributed by atoms with Crippen molar-refractivity contribution in [2.75, 3.05) is 26.8 Å². The minimum absolute atomic E-state index is 0.0537. The fraction of sp³-hybridized carbons (Fsp3) is 0.909. The summed E-state index contributed by atoms with van der Waals surface area (Å²) in [6.45, 7) is -1.01. The van der Waals surface area contributed by atoms with E-state index in [1.807, 2.05) is 0 Å². The summed E-state index contributed by atoms with van der Waals surface area (Å²) in [5.74, 6) is 0.0589. The maximum atomic E-state index is 11.8. The number of aliphatic hydroxyl groups is 1. The van der Waals surface area contributed by atoms with Crippen LogP contribution in [0.4, 0.5) is 13.2 Å². The van der Waals surface area contributed by atoms with Crippen molar-refractivity contribution in [3.05, 3.63) is 0 Å². The number of halogens is 3. The highest BCUT2D eigenvalue weighted by atomic mass is 19.4. The molecule has 0 radical (unpaired) electrons. The van der Waals surface area contributed by atoms with Crippen LogP contribution in [0.15, 0.2) is 0 Å². The second kappa shape index (κ2) is 6.38. The van der Waals surface area contributed by atoms with Gasteiger partial charge < -0.3 is 14.7 Å². The van der Waals surface area contributed by atoms with Crippen LogP contribution in [0.3, 0.4) is 0 Å². The van der Waals surface area contributed by atoms with Gasteiger partial charge in [-0.2, -0.15) is 13.2 Å². The molecular formula is C11H18F3NO3. The smallest absolute Gasteiger partial charge is 0.393 e. The van der Waals surface area contributed by atoms with Crippen LogP contribution in [0, 0.1) is 5.92 Å². The van der Waals surface area contributed by atoms with Gasteiger partial charge in [-0.1, -0.05) is 0 Å². The fourth-order valence-electron chi connectivity index (χ4n) is 1.88. The number of hydrogen-bond acceptors (Lipinski definition) is 3. The highest BCUT2D eigenvalue weighted by Crippen LogP contribution is 2.27. The molecule has 1 aliphatic carbocycles. The van der Waals surface area contributed by atoms with Crippen LogP contribution < -0.4 is 0 Å². The van der Waals surface area contributed by atoms with Crippen LogP contribution in [-0.2, 0) is 9.53 Å². The summed E-state index contributed by atoms with van der Waals surface area (Å²) < 4.78 is 39.6. The minimum atomic E-state index is -4.35. The number of ether oxygens (including phenoxy) is 1. The van der Waals surface area contributed by atoms with E-state index in [-0.39, 0.29) is 25.0 Å². The molecule has 0 aromatic carbocycles. The van der Waals surface area contributed by atoms with Crippen molar-refractivity contribution >= 4 is 5.91 Å². The van der Waals surface area contributed by atoms with Crippen molar-refractivity contribution in [3.63, 3.8) is 0 Å². The van der Waals surface area contributed by atoms with Crippen molar-refractivity contribution in [3.8, 4) is 0 Å². The van der Waals surface area contributed by atoms with Crippen molar-refractivity contribution in [2.24, 2.45) is 5.92 Å². The van der Waals surface area contributed by atoms with Gasteiger partial charge in [-0.3, -0.25) is 4.79 Å². The second-order valence-electron chi connectivity index (χ2n) is 4.68. The number of carbonyl (C=O) groups is 1. The quantitative estimate of drug-likeness (QED) is 0.737. The molecule has 0 atom stereocenters. The Morgan fingerprint density at radius 1 is 1.44 bits per heavy atom. The van der Waals surface area contributed by atoms with E-state index >= 15 is 0 Å². The molecule has 1 amide bonds. The average Bonchev–Trinajstić information content (AvgIpc) is 2.20. The summed E-state index contributed by atoms with van der Waals surface area (Å²) >= 11 is 0. The van der Waals surface area contributed by atoms with E-state index in [1.54, 1.807) is 7.05 Å². The lowest BCUT2D eigenvalue weighted by Crippen LogP contribution is -2.39. The van der Waals surface area contributed by atoms with E-state index in [0.29, 0.717) is 25.3 Å². The van der Waals surface area contributed by atoms with E-state index < -0.39 is 12.8 Å². The number of rotatable bonds is 6. The molecule has 0 aromatic heterocycles. The van der Waals surface area contributed by atoms with Gasteiger partial charge in [-0.25, -0.2) is 0 Å². The first-order valence-corrected chi connectivity index (χ1v) is 5.84. The van der Waals surface area contributed by atoms with Gasteiger partial charge in [0.1, 0.15) is 6.61 Å². The zero-order valence-corrected chi connectivity index (χ0v) is 10.2. The molecule has 0 aliphatic heterocycles. The molecule has 1 aliphatic rings. The van der Waals surface area contributed by atoms with Crippen molar-refractivity contribution in [1.82, 2.24) is 4.90 Å². The lowest BCUT2D eigenvalue weighted by atomic mass is 9.82. The largest absolute Gasteiger partial charge is 0.411 e. The highest BCUT2D eigenvalue weighted by Gasteiger charge is 2.29. The van der Waals surface area contributed by atoms with Gasteiger partial charge in [0.2, 0.25) is 5.91 Å². The minimum Gasteiger partial charge on any atom is -0.393 e. The number of aliphatic hydroxyl groups excluding tert-OH is 1. The Labute approximate surface area is 104 Å². The van der Waals surface area contributed by atoms with Crippen LogP contribution in [0.2, 0.25) is 0 Å². The Morgan fingerprint density at radius 2 is 2.06 bits per heavy atom. The summed E-state index contributed by atoms with van der Waals surface area (Å²) in [6, 6.07) is 0. The second-order valence-corrected chi connectivity index (χ2v) is 4.68. The summed E-state index contributed by atoms with van der Waals surface area (Å²) in [7, 11) is 1.61. The Hall–Kier alpha value is -0.820. The molecule has 1 saturated carbocycles. The molecule has 0 heterocycles. The third kappa shape index (κ3) is 5.68. The number of nitrogens with zero attached hydrogens (tertiary/aromatic N) is 1. The van der Waals surface area contributed by atoms with Gasteiger partial charge in [0.05, 0.1) is 19.1 Å². The number of hydrogen-bond donors (Lipinski definition) is 1. The monoisotopic (exact) mass is 269 g/mol. The van der Waals surface area contributed by atoms with Crippen molar-refractivity contribution in [1.29, 1.82) is 0 Å². The van der Waals surface area contributed by atoms with Crippen LogP contribution in [-0.4, -0.2) is 55.0 Å². The van der Waals surface area contributed by atoms with E-state index in [1.165, 1.54) is 4.90 Å². The van der Waals surface area contributed by atoms with Gasteiger partial charge in [-0.15, -0.1) is 0 Å². The molecule has 0 aromatic rings. The molecule has 7 heteroatoms. The molecule has 4 nitrogen and oxygen atoms in total. The van der Waals surface area contributed by atoms with E-state index in [4.69, 9.17) is 5.11 Å². The van der Waals surface area contributed by atoms with Gasteiger partial charge in [0.15, 0.2) is 0 Å². The highest BCUT2D eigenvalue weighted by molar-refractivity contribution is 5.75. The first-order chi connectivity index (χ1) is 8.28. The van der Waals surface area contributed by atoms with Gasteiger partial charge in [0, 0.05) is 13.6 Å². The molecule has 0 unspecified atom stereocenters. The lowest BCUT2D eigenvalue weighted by molar-refractivity contribution is -0.175. The average molecular weight is 269 g/mol. The maximum absolute atomic E-state index is 11.8. The molecule has 18 heavy (non-hydrogen) atoms. The summed E-state index contributed by atoms with van der Waals surface area (Å²) in [4.78, 5) is 13.0. The molecule has 106 valence electrons. The molecule has 1 fully saturated rings. The topological polar surface area (TPSA) is 49.8 Å². The molecule has 1 N–H and O–H groups in total. The Morgan fingerprint density at radius 3 is 2.56 bits per heavy atom. The van der Waals surface area contributed by atoms with Gasteiger partial charge in [-0.05, 0) is 18.8 Å². The van der Waals surface area contributed by atoms with Gasteiger partial charge in [0.25, 0.3) is 0 Å².